The standard InChI is InChI=1S/C20H36O/c1-10-14(3)12-15(4)13-18(11-2)19(20(7,8)9)16(5)17(6)21/h12,14,18H,10-11,13H2,1-9H3/b15-12+,19-16-. The van der Waals surface area contributed by atoms with Crippen LogP contribution in [0.3, 0.4) is 0 Å². The molecule has 0 spiro atoms. The van der Waals surface area contributed by atoms with E-state index in [1.165, 1.54) is 17.6 Å². The molecule has 0 N–H and O–H groups in total. The normalized spacial score (nSPS) is 17.3. The van der Waals surface area contributed by atoms with E-state index < -0.39 is 0 Å². The van der Waals surface area contributed by atoms with Gasteiger partial charge in [-0.25, -0.2) is 0 Å². The lowest BCUT2D eigenvalue weighted by Gasteiger charge is -2.32. The van der Waals surface area contributed by atoms with Crippen LogP contribution in [0.2, 0.25) is 0 Å². The monoisotopic (exact) mass is 292 g/mol. The first-order valence-electron chi connectivity index (χ1n) is 8.43. The van der Waals surface area contributed by atoms with Crippen LogP contribution in [0, 0.1) is 17.3 Å². The van der Waals surface area contributed by atoms with E-state index in [0.29, 0.717) is 11.8 Å². The summed E-state index contributed by atoms with van der Waals surface area (Å²) in [5, 5.41) is 0. The number of hydrogen-bond acceptors (Lipinski definition) is 1. The summed E-state index contributed by atoms with van der Waals surface area (Å²) in [7, 11) is 0. The number of carbonyl (C=O) groups is 1. The average Bonchev–Trinajstić information content (AvgIpc) is 2.35. The maximum absolute atomic E-state index is 11.9. The predicted octanol–water partition coefficient (Wildman–Crippen LogP) is 6.35. The van der Waals surface area contributed by atoms with E-state index in [2.05, 4.69) is 54.5 Å². The zero-order chi connectivity index (χ0) is 16.8. The van der Waals surface area contributed by atoms with E-state index >= 15 is 0 Å². The van der Waals surface area contributed by atoms with Crippen LogP contribution in [0.15, 0.2) is 22.8 Å². The molecule has 21 heavy (non-hydrogen) atoms. The third-order valence-electron chi connectivity index (χ3n) is 4.42. The van der Waals surface area contributed by atoms with Crippen LogP contribution in [-0.2, 0) is 4.79 Å². The van der Waals surface area contributed by atoms with Crippen molar-refractivity contribution in [1.29, 1.82) is 0 Å². The lowest BCUT2D eigenvalue weighted by molar-refractivity contribution is -0.113. The summed E-state index contributed by atoms with van der Waals surface area (Å²) in [6, 6.07) is 0. The molecule has 0 aromatic rings. The van der Waals surface area contributed by atoms with Crippen LogP contribution in [0.25, 0.3) is 0 Å². The molecule has 2 atom stereocenters. The highest BCUT2D eigenvalue weighted by Crippen LogP contribution is 2.39. The minimum Gasteiger partial charge on any atom is -0.295 e. The zero-order valence-electron chi connectivity index (χ0n) is 15.8. The van der Waals surface area contributed by atoms with Gasteiger partial charge >= 0.3 is 0 Å². The van der Waals surface area contributed by atoms with Gasteiger partial charge in [0, 0.05) is 0 Å². The molecule has 0 aliphatic carbocycles. The largest absolute Gasteiger partial charge is 0.295 e. The fraction of sp³-hybridized carbons (Fsp3) is 0.750. The van der Waals surface area contributed by atoms with E-state index in [1.54, 1.807) is 6.92 Å². The van der Waals surface area contributed by atoms with Crippen LogP contribution in [-0.4, -0.2) is 5.78 Å². The molecule has 0 bridgehead atoms. The first-order chi connectivity index (χ1) is 9.54. The van der Waals surface area contributed by atoms with Gasteiger partial charge in [0.1, 0.15) is 0 Å². The lowest BCUT2D eigenvalue weighted by Crippen LogP contribution is -2.22. The molecule has 1 nitrogen and oxygen atoms in total. The van der Waals surface area contributed by atoms with Gasteiger partial charge < -0.3 is 0 Å². The molecule has 0 aromatic carbocycles. The van der Waals surface area contributed by atoms with Crippen molar-refractivity contribution in [3.05, 3.63) is 22.8 Å². The summed E-state index contributed by atoms with van der Waals surface area (Å²) in [5.41, 5.74) is 3.81. The van der Waals surface area contributed by atoms with Crippen molar-refractivity contribution in [2.75, 3.05) is 0 Å². The molecule has 0 aliphatic rings. The van der Waals surface area contributed by atoms with Gasteiger partial charge in [-0.3, -0.25) is 4.79 Å². The first kappa shape index (κ1) is 20.1. The SMILES string of the molecule is CCC(C)/C=C(\C)CC(CC)/C(=C(\C)C(C)=O)C(C)(C)C. The zero-order valence-corrected chi connectivity index (χ0v) is 15.8. The Hall–Kier alpha value is -0.850. The van der Waals surface area contributed by atoms with Crippen molar-refractivity contribution in [1.82, 2.24) is 0 Å². The summed E-state index contributed by atoms with van der Waals surface area (Å²) in [6.07, 6.45) is 5.73. The second kappa shape index (κ2) is 8.56. The summed E-state index contributed by atoms with van der Waals surface area (Å²) >= 11 is 0. The average molecular weight is 293 g/mol. The molecule has 0 aromatic heterocycles. The van der Waals surface area contributed by atoms with E-state index in [4.69, 9.17) is 0 Å². The number of allylic oxidation sites excluding steroid dienone is 4. The van der Waals surface area contributed by atoms with Crippen LogP contribution in [0.1, 0.15) is 81.6 Å². The second-order valence-electron chi connectivity index (χ2n) is 7.55. The molecule has 1 heteroatoms. The molecular formula is C20H36O. The summed E-state index contributed by atoms with van der Waals surface area (Å²) in [6.45, 7) is 19.3. The Balaban J connectivity index is 5.53. The van der Waals surface area contributed by atoms with E-state index in [9.17, 15) is 4.79 Å². The van der Waals surface area contributed by atoms with Gasteiger partial charge in [-0.2, -0.15) is 0 Å². The van der Waals surface area contributed by atoms with Crippen molar-refractivity contribution in [3.63, 3.8) is 0 Å². The molecule has 0 aliphatic heterocycles. The first-order valence-corrected chi connectivity index (χ1v) is 8.43. The predicted molar refractivity (Wildman–Crippen MR) is 94.4 cm³/mol. The number of ketones is 1. The highest BCUT2D eigenvalue weighted by Gasteiger charge is 2.27. The Labute approximate surface area is 132 Å². The molecule has 0 saturated carbocycles. The molecule has 0 saturated heterocycles. The third kappa shape index (κ3) is 6.63. The van der Waals surface area contributed by atoms with Crippen LogP contribution in [0.5, 0.6) is 0 Å². The van der Waals surface area contributed by atoms with Crippen molar-refractivity contribution in [2.24, 2.45) is 17.3 Å². The Morgan fingerprint density at radius 2 is 1.57 bits per heavy atom. The Morgan fingerprint density at radius 1 is 1.05 bits per heavy atom. The van der Waals surface area contributed by atoms with Gasteiger partial charge in [0.25, 0.3) is 0 Å². The Kier molecular flexibility index (Phi) is 8.21. The minimum absolute atomic E-state index is 0.0487. The van der Waals surface area contributed by atoms with Crippen LogP contribution >= 0.6 is 0 Å². The third-order valence-corrected chi connectivity index (χ3v) is 4.42. The number of rotatable bonds is 7. The maximum Gasteiger partial charge on any atom is 0.155 e. The fourth-order valence-corrected chi connectivity index (χ4v) is 3.18. The molecular weight excluding hydrogens is 256 g/mol. The van der Waals surface area contributed by atoms with Gasteiger partial charge in [-0.05, 0) is 56.4 Å². The number of carbonyl (C=O) groups excluding carboxylic acids is 1. The van der Waals surface area contributed by atoms with E-state index in [-0.39, 0.29) is 11.2 Å². The van der Waals surface area contributed by atoms with Crippen molar-refractivity contribution in [3.8, 4) is 0 Å². The topological polar surface area (TPSA) is 17.1 Å². The summed E-state index contributed by atoms with van der Waals surface area (Å²) in [5.74, 6) is 1.31. The molecule has 0 fully saturated rings. The van der Waals surface area contributed by atoms with Crippen molar-refractivity contribution < 1.29 is 4.79 Å². The highest BCUT2D eigenvalue weighted by molar-refractivity contribution is 5.93. The van der Waals surface area contributed by atoms with Gasteiger partial charge in [0.15, 0.2) is 5.78 Å². The Morgan fingerprint density at radius 3 is 1.90 bits per heavy atom. The van der Waals surface area contributed by atoms with Crippen molar-refractivity contribution in [2.45, 2.75) is 81.6 Å². The van der Waals surface area contributed by atoms with Gasteiger partial charge in [-0.15, -0.1) is 0 Å². The molecule has 0 heterocycles. The summed E-state index contributed by atoms with van der Waals surface area (Å²) < 4.78 is 0. The summed E-state index contributed by atoms with van der Waals surface area (Å²) in [4.78, 5) is 11.9. The minimum atomic E-state index is 0.0487. The molecule has 122 valence electrons. The second-order valence-corrected chi connectivity index (χ2v) is 7.55. The highest BCUT2D eigenvalue weighted by atomic mass is 16.1. The lowest BCUT2D eigenvalue weighted by atomic mass is 9.72. The molecule has 0 amide bonds. The maximum atomic E-state index is 11.9. The number of Topliss-reactive ketones (excluding diaryl/α,β-unsaturated/α-hetero) is 1. The van der Waals surface area contributed by atoms with Gasteiger partial charge in [-0.1, -0.05) is 65.2 Å². The van der Waals surface area contributed by atoms with E-state index in [0.717, 1.165) is 18.4 Å². The Bertz CT molecular complexity index is 404. The van der Waals surface area contributed by atoms with Crippen LogP contribution < -0.4 is 0 Å². The molecule has 0 radical (unpaired) electrons. The smallest absolute Gasteiger partial charge is 0.155 e. The van der Waals surface area contributed by atoms with E-state index in [1.807, 2.05) is 6.92 Å². The van der Waals surface area contributed by atoms with Gasteiger partial charge in [0.05, 0.1) is 0 Å². The van der Waals surface area contributed by atoms with Crippen molar-refractivity contribution >= 4 is 5.78 Å². The van der Waals surface area contributed by atoms with Gasteiger partial charge in [0.2, 0.25) is 0 Å². The molecule has 2 unspecified atom stereocenters. The van der Waals surface area contributed by atoms with Crippen LogP contribution in [0.4, 0.5) is 0 Å². The fourth-order valence-electron chi connectivity index (χ4n) is 3.18. The quantitative estimate of drug-likeness (QED) is 0.395. The number of hydrogen-bond donors (Lipinski definition) is 0. The molecule has 0 rings (SSSR count).